The summed E-state index contributed by atoms with van der Waals surface area (Å²) in [6.07, 6.45) is 3.46. The minimum Gasteiger partial charge on any atom is -0.355 e. The van der Waals surface area contributed by atoms with Crippen molar-refractivity contribution in [3.63, 3.8) is 0 Å². The second-order valence-electron chi connectivity index (χ2n) is 3.05. The maximum Gasteiger partial charge on any atom is 0.0991 e. The Balaban J connectivity index is 2.16. The first-order valence-corrected chi connectivity index (χ1v) is 4.56. The molecule has 0 bridgehead atoms. The monoisotopic (exact) mass is 195 g/mol. The number of nitrogens with one attached hydrogen (secondary N) is 1. The van der Waals surface area contributed by atoms with Crippen LogP contribution in [0.2, 0.25) is 0 Å². The highest BCUT2D eigenvalue weighted by Gasteiger charge is 1.94. The number of aromatic nitrogens is 1. The lowest BCUT2D eigenvalue weighted by atomic mass is 10.2. The molecule has 0 aliphatic carbocycles. The molecular formula is C12H9N3. The molecule has 1 N–H and O–H groups in total. The second kappa shape index (κ2) is 4.25. The van der Waals surface area contributed by atoms with Crippen LogP contribution in [0, 0.1) is 11.3 Å². The highest BCUT2D eigenvalue weighted by atomic mass is 14.9. The quantitative estimate of drug-likeness (QED) is 0.801. The van der Waals surface area contributed by atoms with Crippen LogP contribution in [0.4, 0.5) is 11.4 Å². The Hall–Kier alpha value is -2.34. The Morgan fingerprint density at radius 3 is 2.13 bits per heavy atom. The van der Waals surface area contributed by atoms with Crippen LogP contribution in [-0.4, -0.2) is 4.98 Å². The number of benzene rings is 1. The number of hydrogen-bond donors (Lipinski definition) is 1. The molecule has 3 nitrogen and oxygen atoms in total. The molecule has 0 aliphatic heterocycles. The smallest absolute Gasteiger partial charge is 0.0991 e. The van der Waals surface area contributed by atoms with Crippen LogP contribution in [0.1, 0.15) is 5.56 Å². The van der Waals surface area contributed by atoms with Gasteiger partial charge in [-0.25, -0.2) is 0 Å². The van der Waals surface area contributed by atoms with Gasteiger partial charge in [0.05, 0.1) is 11.6 Å². The molecule has 1 aromatic heterocycles. The normalized spacial score (nSPS) is 9.27. The van der Waals surface area contributed by atoms with Gasteiger partial charge in [-0.2, -0.15) is 5.26 Å². The van der Waals surface area contributed by atoms with E-state index in [4.69, 9.17) is 5.26 Å². The molecule has 2 aromatic rings. The molecule has 0 saturated heterocycles. The van der Waals surface area contributed by atoms with Crippen molar-refractivity contribution in [1.29, 1.82) is 5.26 Å². The summed E-state index contributed by atoms with van der Waals surface area (Å²) in [5.41, 5.74) is 2.60. The van der Waals surface area contributed by atoms with Gasteiger partial charge in [-0.15, -0.1) is 0 Å². The van der Waals surface area contributed by atoms with Gasteiger partial charge in [-0.1, -0.05) is 0 Å². The lowest BCUT2D eigenvalue weighted by Crippen LogP contribution is -1.89. The van der Waals surface area contributed by atoms with Crippen molar-refractivity contribution in [2.45, 2.75) is 0 Å². The summed E-state index contributed by atoms with van der Waals surface area (Å²) < 4.78 is 0. The third-order valence-corrected chi connectivity index (χ3v) is 1.98. The molecule has 0 unspecified atom stereocenters. The van der Waals surface area contributed by atoms with Crippen molar-refractivity contribution in [3.8, 4) is 6.07 Å². The van der Waals surface area contributed by atoms with E-state index in [1.807, 2.05) is 24.3 Å². The van der Waals surface area contributed by atoms with Gasteiger partial charge in [-0.3, -0.25) is 4.98 Å². The Kier molecular flexibility index (Phi) is 2.61. The van der Waals surface area contributed by atoms with Gasteiger partial charge >= 0.3 is 0 Å². The fourth-order valence-corrected chi connectivity index (χ4v) is 1.23. The van der Waals surface area contributed by atoms with Gasteiger partial charge in [0.25, 0.3) is 0 Å². The van der Waals surface area contributed by atoms with Crippen LogP contribution in [0.25, 0.3) is 0 Å². The summed E-state index contributed by atoms with van der Waals surface area (Å²) in [6.45, 7) is 0. The van der Waals surface area contributed by atoms with E-state index in [1.165, 1.54) is 0 Å². The van der Waals surface area contributed by atoms with Gasteiger partial charge in [0.1, 0.15) is 0 Å². The van der Waals surface area contributed by atoms with Crippen LogP contribution in [0.15, 0.2) is 48.8 Å². The van der Waals surface area contributed by atoms with E-state index in [9.17, 15) is 0 Å². The number of nitrogens with zero attached hydrogens (tertiary/aromatic N) is 2. The maximum absolute atomic E-state index is 8.64. The number of hydrogen-bond acceptors (Lipinski definition) is 3. The Labute approximate surface area is 88.0 Å². The number of rotatable bonds is 2. The SMILES string of the molecule is N#Cc1ccc(Nc2ccncc2)cc1. The third-order valence-electron chi connectivity index (χ3n) is 1.98. The zero-order chi connectivity index (χ0) is 10.5. The maximum atomic E-state index is 8.64. The van der Waals surface area contributed by atoms with Gasteiger partial charge in [0.2, 0.25) is 0 Å². The molecule has 0 amide bonds. The second-order valence-corrected chi connectivity index (χ2v) is 3.05. The van der Waals surface area contributed by atoms with E-state index in [2.05, 4.69) is 16.4 Å². The summed E-state index contributed by atoms with van der Waals surface area (Å²) in [4.78, 5) is 3.93. The van der Waals surface area contributed by atoms with Crippen molar-refractivity contribution >= 4 is 11.4 Å². The Morgan fingerprint density at radius 2 is 1.53 bits per heavy atom. The van der Waals surface area contributed by atoms with E-state index in [1.54, 1.807) is 24.5 Å². The predicted molar refractivity (Wildman–Crippen MR) is 58.7 cm³/mol. The lowest BCUT2D eigenvalue weighted by molar-refractivity contribution is 1.32. The van der Waals surface area contributed by atoms with Crippen LogP contribution >= 0.6 is 0 Å². The molecular weight excluding hydrogens is 186 g/mol. The average molecular weight is 195 g/mol. The van der Waals surface area contributed by atoms with Crippen LogP contribution < -0.4 is 5.32 Å². The third kappa shape index (κ3) is 2.32. The molecule has 1 heterocycles. The van der Waals surface area contributed by atoms with E-state index in [0.717, 1.165) is 11.4 Å². The van der Waals surface area contributed by atoms with Gasteiger partial charge in [0, 0.05) is 23.8 Å². The van der Waals surface area contributed by atoms with Crippen molar-refractivity contribution in [1.82, 2.24) is 4.98 Å². The summed E-state index contributed by atoms with van der Waals surface area (Å²) in [6, 6.07) is 13.2. The first-order valence-electron chi connectivity index (χ1n) is 4.56. The molecule has 2 rings (SSSR count). The summed E-state index contributed by atoms with van der Waals surface area (Å²) in [5, 5.41) is 11.8. The summed E-state index contributed by atoms with van der Waals surface area (Å²) in [7, 11) is 0. The number of anilines is 2. The first kappa shape index (κ1) is 9.22. The van der Waals surface area contributed by atoms with Crippen molar-refractivity contribution < 1.29 is 0 Å². The molecule has 0 saturated carbocycles. The van der Waals surface area contributed by atoms with Gasteiger partial charge in [-0.05, 0) is 36.4 Å². The molecule has 72 valence electrons. The van der Waals surface area contributed by atoms with Crippen molar-refractivity contribution in [2.75, 3.05) is 5.32 Å². The topological polar surface area (TPSA) is 48.7 Å². The fraction of sp³-hybridized carbons (Fsp3) is 0. The van der Waals surface area contributed by atoms with Gasteiger partial charge in [0.15, 0.2) is 0 Å². The van der Waals surface area contributed by atoms with Crippen LogP contribution in [-0.2, 0) is 0 Å². The molecule has 3 heteroatoms. The van der Waals surface area contributed by atoms with E-state index < -0.39 is 0 Å². The zero-order valence-electron chi connectivity index (χ0n) is 8.01. The highest BCUT2D eigenvalue weighted by Crippen LogP contribution is 2.15. The van der Waals surface area contributed by atoms with Crippen LogP contribution in [0.3, 0.4) is 0 Å². The Bertz CT molecular complexity index is 468. The number of pyridine rings is 1. The summed E-state index contributed by atoms with van der Waals surface area (Å²) >= 11 is 0. The standard InChI is InChI=1S/C12H9N3/c13-9-10-1-3-11(4-2-10)15-12-5-7-14-8-6-12/h1-8H,(H,14,15). The van der Waals surface area contributed by atoms with E-state index >= 15 is 0 Å². The minimum atomic E-state index is 0.662. The molecule has 0 atom stereocenters. The first-order chi connectivity index (χ1) is 7.38. The molecule has 0 aliphatic rings. The van der Waals surface area contributed by atoms with E-state index in [0.29, 0.717) is 5.56 Å². The number of nitriles is 1. The molecule has 1 aromatic carbocycles. The molecule has 0 spiro atoms. The van der Waals surface area contributed by atoms with Gasteiger partial charge < -0.3 is 5.32 Å². The molecule has 0 fully saturated rings. The van der Waals surface area contributed by atoms with Crippen LogP contribution in [0.5, 0.6) is 0 Å². The van der Waals surface area contributed by atoms with Crippen molar-refractivity contribution in [2.24, 2.45) is 0 Å². The minimum absolute atomic E-state index is 0.662. The average Bonchev–Trinajstić information content (AvgIpc) is 2.31. The van der Waals surface area contributed by atoms with Crippen molar-refractivity contribution in [3.05, 3.63) is 54.4 Å². The Morgan fingerprint density at radius 1 is 0.933 bits per heavy atom. The summed E-state index contributed by atoms with van der Waals surface area (Å²) in [5.74, 6) is 0. The molecule has 0 radical (unpaired) electrons. The molecule has 15 heavy (non-hydrogen) atoms. The highest BCUT2D eigenvalue weighted by molar-refractivity contribution is 5.59. The lowest BCUT2D eigenvalue weighted by Gasteiger charge is -2.04. The predicted octanol–water partition coefficient (Wildman–Crippen LogP) is 2.70. The zero-order valence-corrected chi connectivity index (χ0v) is 8.01. The largest absolute Gasteiger partial charge is 0.355 e. The fourth-order valence-electron chi connectivity index (χ4n) is 1.23. The van der Waals surface area contributed by atoms with E-state index in [-0.39, 0.29) is 0 Å².